The Bertz CT molecular complexity index is 1020. The lowest BCUT2D eigenvalue weighted by molar-refractivity contribution is -0.167. The Kier molecular flexibility index (Phi) is 52.5. The van der Waals surface area contributed by atoms with Crippen molar-refractivity contribution in [2.45, 2.75) is 349 Å². The van der Waals surface area contributed by atoms with Crippen LogP contribution in [-0.4, -0.2) is 37.2 Å². The molecular formula is C61H118O6. The van der Waals surface area contributed by atoms with Crippen LogP contribution in [0.2, 0.25) is 0 Å². The van der Waals surface area contributed by atoms with Gasteiger partial charge in [0.15, 0.2) is 6.10 Å². The molecule has 6 heteroatoms. The number of carbonyl (C=O) groups excluding carboxylic acids is 3. The van der Waals surface area contributed by atoms with Crippen LogP contribution in [0.15, 0.2) is 0 Å². The van der Waals surface area contributed by atoms with Gasteiger partial charge in [0.1, 0.15) is 13.2 Å². The van der Waals surface area contributed by atoms with Crippen molar-refractivity contribution in [2.75, 3.05) is 13.2 Å². The molecule has 0 spiro atoms. The van der Waals surface area contributed by atoms with Crippen molar-refractivity contribution < 1.29 is 28.6 Å². The predicted octanol–water partition coefficient (Wildman–Crippen LogP) is 20.0. The van der Waals surface area contributed by atoms with Gasteiger partial charge in [0.05, 0.1) is 0 Å². The molecular weight excluding hydrogens is 829 g/mol. The lowest BCUT2D eigenvalue weighted by Crippen LogP contribution is -2.30. The van der Waals surface area contributed by atoms with E-state index in [9.17, 15) is 14.4 Å². The second kappa shape index (κ2) is 53.8. The van der Waals surface area contributed by atoms with Gasteiger partial charge in [-0.3, -0.25) is 14.4 Å². The Morgan fingerprint density at radius 2 is 0.493 bits per heavy atom. The maximum atomic E-state index is 12.8. The van der Waals surface area contributed by atoms with E-state index in [2.05, 4.69) is 34.6 Å². The van der Waals surface area contributed by atoms with Crippen molar-refractivity contribution in [3.8, 4) is 0 Å². The minimum Gasteiger partial charge on any atom is -0.462 e. The molecule has 67 heavy (non-hydrogen) atoms. The molecule has 0 aliphatic carbocycles. The average molecular weight is 948 g/mol. The summed E-state index contributed by atoms with van der Waals surface area (Å²) in [5, 5.41) is 0. The van der Waals surface area contributed by atoms with Gasteiger partial charge in [-0.05, 0) is 31.1 Å². The van der Waals surface area contributed by atoms with Gasteiger partial charge in [0.2, 0.25) is 0 Å². The van der Waals surface area contributed by atoms with Gasteiger partial charge in [-0.2, -0.15) is 0 Å². The number of hydrogen-bond donors (Lipinski definition) is 0. The molecule has 0 aliphatic rings. The van der Waals surface area contributed by atoms with E-state index in [-0.39, 0.29) is 31.1 Å². The normalized spacial score (nSPS) is 12.0. The first-order valence-corrected chi connectivity index (χ1v) is 30.2. The van der Waals surface area contributed by atoms with Crippen molar-refractivity contribution in [1.82, 2.24) is 0 Å². The van der Waals surface area contributed by atoms with Gasteiger partial charge in [0, 0.05) is 19.3 Å². The van der Waals surface area contributed by atoms with E-state index in [0.29, 0.717) is 19.3 Å². The molecule has 0 amide bonds. The second-order valence-electron chi connectivity index (χ2n) is 21.9. The highest BCUT2D eigenvalue weighted by Gasteiger charge is 2.19. The van der Waals surface area contributed by atoms with E-state index in [1.807, 2.05) is 0 Å². The average Bonchev–Trinajstić information content (AvgIpc) is 3.30. The highest BCUT2D eigenvalue weighted by atomic mass is 16.6. The molecule has 0 aromatic carbocycles. The van der Waals surface area contributed by atoms with Crippen LogP contribution in [0.4, 0.5) is 0 Å². The molecule has 0 bridgehead atoms. The smallest absolute Gasteiger partial charge is 0.306 e. The summed E-state index contributed by atoms with van der Waals surface area (Å²) in [4.78, 5) is 38.0. The second-order valence-corrected chi connectivity index (χ2v) is 21.9. The Labute approximate surface area is 418 Å². The summed E-state index contributed by atoms with van der Waals surface area (Å²) >= 11 is 0. The van der Waals surface area contributed by atoms with Gasteiger partial charge in [0.25, 0.3) is 0 Å². The Balaban J connectivity index is 4.10. The first-order valence-electron chi connectivity index (χ1n) is 30.2. The van der Waals surface area contributed by atoms with Gasteiger partial charge in [-0.15, -0.1) is 0 Å². The highest BCUT2D eigenvalue weighted by molar-refractivity contribution is 5.71. The molecule has 0 fully saturated rings. The Morgan fingerprint density at radius 3 is 0.731 bits per heavy atom. The summed E-state index contributed by atoms with van der Waals surface area (Å²) in [6.45, 7) is 11.4. The molecule has 0 aromatic rings. The fourth-order valence-corrected chi connectivity index (χ4v) is 9.40. The quantitative estimate of drug-likeness (QED) is 0.0343. The van der Waals surface area contributed by atoms with Crippen molar-refractivity contribution in [3.05, 3.63) is 0 Å². The maximum Gasteiger partial charge on any atom is 0.306 e. The molecule has 0 saturated heterocycles. The summed E-state index contributed by atoms with van der Waals surface area (Å²) in [7, 11) is 0. The number of unbranched alkanes of at least 4 members (excludes halogenated alkanes) is 40. The minimum atomic E-state index is -0.761. The lowest BCUT2D eigenvalue weighted by Gasteiger charge is -2.18. The summed E-state index contributed by atoms with van der Waals surface area (Å²) in [5.74, 6) is 0.874. The van der Waals surface area contributed by atoms with E-state index in [1.54, 1.807) is 0 Å². The van der Waals surface area contributed by atoms with Gasteiger partial charge in [-0.1, -0.05) is 304 Å². The zero-order chi connectivity index (χ0) is 48.9. The molecule has 1 atom stereocenters. The molecule has 0 aromatic heterocycles. The molecule has 0 radical (unpaired) electrons. The van der Waals surface area contributed by atoms with Gasteiger partial charge in [-0.25, -0.2) is 0 Å². The Hall–Kier alpha value is -1.59. The van der Waals surface area contributed by atoms with Crippen LogP contribution in [-0.2, 0) is 28.6 Å². The van der Waals surface area contributed by atoms with Gasteiger partial charge < -0.3 is 14.2 Å². The number of esters is 3. The molecule has 0 rings (SSSR count). The van der Waals surface area contributed by atoms with E-state index in [4.69, 9.17) is 14.2 Å². The first-order chi connectivity index (χ1) is 32.7. The van der Waals surface area contributed by atoms with Gasteiger partial charge >= 0.3 is 17.9 Å². The van der Waals surface area contributed by atoms with Crippen LogP contribution in [0, 0.1) is 11.8 Å². The molecule has 0 saturated carbocycles. The van der Waals surface area contributed by atoms with Crippen LogP contribution in [0.1, 0.15) is 343 Å². The summed E-state index contributed by atoms with van der Waals surface area (Å²) in [6, 6.07) is 0. The predicted molar refractivity (Wildman–Crippen MR) is 289 cm³/mol. The summed E-state index contributed by atoms with van der Waals surface area (Å²) < 4.78 is 16.8. The van der Waals surface area contributed by atoms with Crippen molar-refractivity contribution >= 4 is 17.9 Å². The third kappa shape index (κ3) is 55.2. The van der Waals surface area contributed by atoms with E-state index in [1.165, 1.54) is 231 Å². The molecule has 0 heterocycles. The third-order valence-corrected chi connectivity index (χ3v) is 14.0. The van der Waals surface area contributed by atoms with Crippen LogP contribution in [0.3, 0.4) is 0 Å². The standard InChI is InChI=1S/C61H118O6/c1-6-7-8-9-34-41-46-51-59(62)65-54-58(67-61(64)53-48-43-38-33-29-25-21-17-13-11-15-19-23-27-31-36-40-45-50-57(4)5)55-66-60(63)52-47-42-37-32-28-24-20-16-12-10-14-18-22-26-30-35-39-44-49-56(2)3/h56-58H,6-55H2,1-5H3/t58-/m0/s1. The SMILES string of the molecule is CCCCCCCCCC(=O)OC[C@@H](COC(=O)CCCCCCCCCCCCCCCCCCCCC(C)C)OC(=O)CCCCCCCCCCCCCCCCCCCCC(C)C. The van der Waals surface area contributed by atoms with E-state index < -0.39 is 6.10 Å². The third-order valence-electron chi connectivity index (χ3n) is 14.0. The molecule has 0 aliphatic heterocycles. The number of ether oxygens (including phenoxy) is 3. The monoisotopic (exact) mass is 947 g/mol. The molecule has 398 valence electrons. The summed E-state index contributed by atoms with van der Waals surface area (Å²) in [6.07, 6.45) is 58.4. The fraction of sp³-hybridized carbons (Fsp3) is 0.951. The van der Waals surface area contributed by atoms with E-state index >= 15 is 0 Å². The first kappa shape index (κ1) is 65.4. The van der Waals surface area contributed by atoms with Crippen molar-refractivity contribution in [2.24, 2.45) is 11.8 Å². The topological polar surface area (TPSA) is 78.9 Å². The largest absolute Gasteiger partial charge is 0.462 e. The summed E-state index contributed by atoms with van der Waals surface area (Å²) in [5.41, 5.74) is 0. The maximum absolute atomic E-state index is 12.8. The fourth-order valence-electron chi connectivity index (χ4n) is 9.40. The zero-order valence-electron chi connectivity index (χ0n) is 46.0. The molecule has 0 N–H and O–H groups in total. The van der Waals surface area contributed by atoms with E-state index in [0.717, 1.165) is 69.6 Å². The van der Waals surface area contributed by atoms with Crippen LogP contribution < -0.4 is 0 Å². The zero-order valence-corrected chi connectivity index (χ0v) is 46.0. The molecule has 6 nitrogen and oxygen atoms in total. The highest BCUT2D eigenvalue weighted by Crippen LogP contribution is 2.19. The lowest BCUT2D eigenvalue weighted by atomic mass is 10.0. The molecule has 0 unspecified atom stereocenters. The van der Waals surface area contributed by atoms with Crippen molar-refractivity contribution in [3.63, 3.8) is 0 Å². The minimum absolute atomic E-state index is 0.0628. The van der Waals surface area contributed by atoms with Crippen LogP contribution in [0.25, 0.3) is 0 Å². The van der Waals surface area contributed by atoms with Crippen molar-refractivity contribution in [1.29, 1.82) is 0 Å². The van der Waals surface area contributed by atoms with Crippen LogP contribution >= 0.6 is 0 Å². The van der Waals surface area contributed by atoms with Crippen LogP contribution in [0.5, 0.6) is 0 Å². The number of carbonyl (C=O) groups is 3. The Morgan fingerprint density at radius 1 is 0.284 bits per heavy atom. The number of rotatable bonds is 55. The number of hydrogen-bond acceptors (Lipinski definition) is 6.